The Morgan fingerprint density at radius 2 is 2.11 bits per heavy atom. The second kappa shape index (κ2) is 6.12. The van der Waals surface area contributed by atoms with Gasteiger partial charge in [0.25, 0.3) is 0 Å². The number of benzene rings is 1. The number of nitrogens with one attached hydrogen (secondary N) is 1. The molecular weight excluding hydrogens is 242 g/mol. The minimum Gasteiger partial charge on any atom is -0.253 e. The van der Waals surface area contributed by atoms with E-state index in [1.165, 1.54) is 0 Å². The van der Waals surface area contributed by atoms with Gasteiger partial charge in [0.2, 0.25) is 5.13 Å². The highest BCUT2D eigenvalue weighted by molar-refractivity contribution is 7.14. The third-order valence-electron chi connectivity index (χ3n) is 2.46. The van der Waals surface area contributed by atoms with Crippen molar-refractivity contribution in [1.82, 2.24) is 4.98 Å². The zero-order valence-electron chi connectivity index (χ0n) is 10.4. The molecule has 0 radical (unpaired) electrons. The average Bonchev–Trinajstić information content (AvgIpc) is 2.88. The van der Waals surface area contributed by atoms with E-state index in [1.54, 1.807) is 17.6 Å². The van der Waals surface area contributed by atoms with E-state index in [4.69, 9.17) is 0 Å². The third kappa shape index (κ3) is 3.28. The van der Waals surface area contributed by atoms with Crippen LogP contribution in [0.1, 0.15) is 13.8 Å². The number of nitrogens with zero attached hydrogens (tertiary/aromatic N) is 2. The Labute approximate surface area is 111 Å². The van der Waals surface area contributed by atoms with Crippen molar-refractivity contribution in [3.8, 4) is 11.3 Å². The molecule has 2 rings (SSSR count). The zero-order valence-corrected chi connectivity index (χ0v) is 11.2. The van der Waals surface area contributed by atoms with E-state index >= 15 is 0 Å². The lowest BCUT2D eigenvalue weighted by atomic mass is 10.2. The van der Waals surface area contributed by atoms with Crippen molar-refractivity contribution < 1.29 is 0 Å². The summed E-state index contributed by atoms with van der Waals surface area (Å²) in [5, 5.41) is 6.95. The molecule has 3 nitrogen and oxygen atoms in total. The Kier molecular flexibility index (Phi) is 4.25. The average molecular weight is 257 g/mol. The van der Waals surface area contributed by atoms with E-state index < -0.39 is 0 Å². The summed E-state index contributed by atoms with van der Waals surface area (Å²) in [6, 6.07) is 10.1. The maximum atomic E-state index is 4.48. The van der Waals surface area contributed by atoms with Gasteiger partial charge in [-0.15, -0.1) is 11.3 Å². The second-order valence-electron chi connectivity index (χ2n) is 3.81. The summed E-state index contributed by atoms with van der Waals surface area (Å²) in [7, 11) is 0. The molecule has 2 aromatic rings. The molecule has 0 spiro atoms. The first-order valence-corrected chi connectivity index (χ1v) is 6.60. The molecule has 0 bridgehead atoms. The largest absolute Gasteiger partial charge is 0.253 e. The highest BCUT2D eigenvalue weighted by Gasteiger charge is 2.02. The molecule has 1 aromatic carbocycles. The van der Waals surface area contributed by atoms with E-state index in [1.807, 2.05) is 55.6 Å². The van der Waals surface area contributed by atoms with Crippen molar-refractivity contribution in [1.29, 1.82) is 0 Å². The molecule has 0 atom stereocenters. The molecule has 0 fully saturated rings. The van der Waals surface area contributed by atoms with Crippen LogP contribution in [0.5, 0.6) is 0 Å². The van der Waals surface area contributed by atoms with Gasteiger partial charge in [-0.25, -0.2) is 4.98 Å². The lowest BCUT2D eigenvalue weighted by molar-refractivity contribution is 1.28. The number of rotatable bonds is 4. The van der Waals surface area contributed by atoms with Crippen molar-refractivity contribution in [3.05, 3.63) is 47.4 Å². The molecule has 0 aliphatic rings. The fraction of sp³-hybridized carbons (Fsp3) is 0.143. The zero-order chi connectivity index (χ0) is 12.8. The molecule has 0 saturated heterocycles. The maximum absolute atomic E-state index is 4.48. The highest BCUT2D eigenvalue weighted by atomic mass is 32.1. The fourth-order valence-electron chi connectivity index (χ4n) is 1.33. The van der Waals surface area contributed by atoms with Crippen LogP contribution < -0.4 is 5.43 Å². The van der Waals surface area contributed by atoms with Gasteiger partial charge in [0.1, 0.15) is 0 Å². The van der Waals surface area contributed by atoms with E-state index in [9.17, 15) is 0 Å². The molecule has 0 unspecified atom stereocenters. The highest BCUT2D eigenvalue weighted by Crippen LogP contribution is 2.24. The SMILES string of the molecule is C/C=C(C)/C=N/Nc1nc(-c2ccccc2)cs1. The van der Waals surface area contributed by atoms with Crippen LogP contribution in [0.3, 0.4) is 0 Å². The number of hydrogen-bond donors (Lipinski definition) is 1. The van der Waals surface area contributed by atoms with Crippen molar-refractivity contribution in [2.75, 3.05) is 5.43 Å². The van der Waals surface area contributed by atoms with Crippen LogP contribution in [-0.2, 0) is 0 Å². The summed E-state index contributed by atoms with van der Waals surface area (Å²) < 4.78 is 0. The van der Waals surface area contributed by atoms with Gasteiger partial charge in [0.05, 0.1) is 5.69 Å². The first-order chi connectivity index (χ1) is 8.79. The van der Waals surface area contributed by atoms with Crippen LogP contribution in [-0.4, -0.2) is 11.2 Å². The van der Waals surface area contributed by atoms with Gasteiger partial charge >= 0.3 is 0 Å². The Balaban J connectivity index is 2.05. The van der Waals surface area contributed by atoms with Crippen LogP contribution in [0, 0.1) is 0 Å². The van der Waals surface area contributed by atoms with Crippen LogP contribution in [0.2, 0.25) is 0 Å². The molecule has 0 saturated carbocycles. The van der Waals surface area contributed by atoms with Gasteiger partial charge in [0, 0.05) is 17.2 Å². The van der Waals surface area contributed by atoms with Crippen LogP contribution >= 0.6 is 11.3 Å². The molecule has 1 heterocycles. The summed E-state index contributed by atoms with van der Waals surface area (Å²) in [6.45, 7) is 3.99. The quantitative estimate of drug-likeness (QED) is 0.659. The lowest BCUT2D eigenvalue weighted by Gasteiger charge is -1.95. The number of aromatic nitrogens is 1. The summed E-state index contributed by atoms with van der Waals surface area (Å²) in [6.07, 6.45) is 3.78. The number of hydrazone groups is 1. The first-order valence-electron chi connectivity index (χ1n) is 5.72. The van der Waals surface area contributed by atoms with Gasteiger partial charge in [-0.3, -0.25) is 5.43 Å². The van der Waals surface area contributed by atoms with Gasteiger partial charge in [-0.2, -0.15) is 5.10 Å². The summed E-state index contributed by atoms with van der Waals surface area (Å²) in [5.41, 5.74) is 6.14. The van der Waals surface area contributed by atoms with E-state index in [0.717, 1.165) is 22.0 Å². The number of allylic oxidation sites excluding steroid dienone is 2. The van der Waals surface area contributed by atoms with Crippen molar-refractivity contribution in [2.24, 2.45) is 5.10 Å². The molecule has 0 amide bonds. The Bertz CT molecular complexity index is 555. The van der Waals surface area contributed by atoms with Crippen LogP contribution in [0.25, 0.3) is 11.3 Å². The topological polar surface area (TPSA) is 37.3 Å². The molecule has 18 heavy (non-hydrogen) atoms. The summed E-state index contributed by atoms with van der Waals surface area (Å²) in [4.78, 5) is 4.48. The smallest absolute Gasteiger partial charge is 0.203 e. The minimum absolute atomic E-state index is 0.800. The minimum atomic E-state index is 0.800. The van der Waals surface area contributed by atoms with Crippen molar-refractivity contribution >= 4 is 22.7 Å². The van der Waals surface area contributed by atoms with Crippen LogP contribution in [0.4, 0.5) is 5.13 Å². The number of thiazole rings is 1. The Hall–Kier alpha value is -1.94. The maximum Gasteiger partial charge on any atom is 0.203 e. The van der Waals surface area contributed by atoms with Gasteiger partial charge in [0.15, 0.2) is 0 Å². The van der Waals surface area contributed by atoms with E-state index in [0.29, 0.717) is 0 Å². The summed E-state index contributed by atoms with van der Waals surface area (Å²) in [5.74, 6) is 0. The molecule has 4 heteroatoms. The first kappa shape index (κ1) is 12.5. The van der Waals surface area contributed by atoms with Gasteiger partial charge in [-0.05, 0) is 19.4 Å². The Morgan fingerprint density at radius 3 is 2.83 bits per heavy atom. The standard InChI is InChI=1S/C14H15N3S/c1-3-11(2)9-15-17-14-16-13(10-18-14)12-7-5-4-6-8-12/h3-10H,1-2H3,(H,16,17)/b11-3+,15-9+. The second-order valence-corrected chi connectivity index (χ2v) is 4.66. The van der Waals surface area contributed by atoms with E-state index in [2.05, 4.69) is 15.5 Å². The molecule has 92 valence electrons. The number of hydrogen-bond acceptors (Lipinski definition) is 4. The molecule has 1 N–H and O–H groups in total. The van der Waals surface area contributed by atoms with E-state index in [-0.39, 0.29) is 0 Å². The van der Waals surface area contributed by atoms with Gasteiger partial charge < -0.3 is 0 Å². The number of anilines is 1. The lowest BCUT2D eigenvalue weighted by Crippen LogP contribution is -1.89. The molecular formula is C14H15N3S. The fourth-order valence-corrected chi connectivity index (χ4v) is 2.00. The predicted molar refractivity (Wildman–Crippen MR) is 79.1 cm³/mol. The van der Waals surface area contributed by atoms with Gasteiger partial charge in [-0.1, -0.05) is 36.4 Å². The van der Waals surface area contributed by atoms with Crippen molar-refractivity contribution in [2.45, 2.75) is 13.8 Å². The Morgan fingerprint density at radius 1 is 1.33 bits per heavy atom. The summed E-state index contributed by atoms with van der Waals surface area (Å²) >= 11 is 1.55. The monoisotopic (exact) mass is 257 g/mol. The van der Waals surface area contributed by atoms with Crippen molar-refractivity contribution in [3.63, 3.8) is 0 Å². The molecule has 0 aliphatic heterocycles. The molecule has 1 aromatic heterocycles. The normalized spacial score (nSPS) is 12.0. The predicted octanol–water partition coefficient (Wildman–Crippen LogP) is 4.17. The molecule has 0 aliphatic carbocycles. The van der Waals surface area contributed by atoms with Crippen LogP contribution in [0.15, 0.2) is 52.5 Å². The third-order valence-corrected chi connectivity index (χ3v) is 3.20.